The van der Waals surface area contributed by atoms with E-state index in [1.54, 1.807) is 6.20 Å². The number of nitrogens with zero attached hydrogens (tertiary/aromatic N) is 3. The molecule has 0 aliphatic carbocycles. The lowest BCUT2D eigenvalue weighted by Gasteiger charge is -2.27. The Hall–Kier alpha value is -1.36. The van der Waals surface area contributed by atoms with Gasteiger partial charge in [-0.2, -0.15) is 0 Å². The maximum absolute atomic E-state index is 12.0. The smallest absolute Gasteiger partial charge is 0.224 e. The van der Waals surface area contributed by atoms with Gasteiger partial charge in [0.2, 0.25) is 5.91 Å². The van der Waals surface area contributed by atoms with Crippen LogP contribution in [0.4, 0.5) is 0 Å². The zero-order valence-electron chi connectivity index (χ0n) is 10.4. The van der Waals surface area contributed by atoms with Crippen molar-refractivity contribution >= 4 is 5.91 Å². The molecule has 1 aromatic rings. The molecule has 1 saturated heterocycles. The van der Waals surface area contributed by atoms with Crippen molar-refractivity contribution in [2.24, 2.45) is 0 Å². The minimum absolute atomic E-state index is 0.252. The normalized spacial score (nSPS) is 16.2. The zero-order chi connectivity index (χ0) is 12.1. The minimum atomic E-state index is 0.252. The molecule has 0 bridgehead atoms. The van der Waals surface area contributed by atoms with Crippen LogP contribution in [0.3, 0.4) is 0 Å². The molecule has 0 radical (unpaired) electrons. The number of nitrogens with one attached hydrogen (secondary N) is 1. The summed E-state index contributed by atoms with van der Waals surface area (Å²) < 4.78 is 2.07. The van der Waals surface area contributed by atoms with Crippen molar-refractivity contribution in [2.45, 2.75) is 26.3 Å². The second-order valence-corrected chi connectivity index (χ2v) is 4.27. The molecule has 94 valence electrons. The van der Waals surface area contributed by atoms with Crippen molar-refractivity contribution in [3.63, 3.8) is 0 Å². The summed E-state index contributed by atoms with van der Waals surface area (Å²) in [6.45, 7) is 6.32. The van der Waals surface area contributed by atoms with Crippen LogP contribution >= 0.6 is 0 Å². The monoisotopic (exact) mass is 236 g/mol. The highest BCUT2D eigenvalue weighted by atomic mass is 16.2. The molecular weight excluding hydrogens is 216 g/mol. The number of aromatic nitrogens is 2. The molecule has 1 amide bonds. The number of aryl methyl sites for hydroxylation is 2. The minimum Gasteiger partial charge on any atom is -0.340 e. The van der Waals surface area contributed by atoms with Gasteiger partial charge in [-0.05, 0) is 0 Å². The van der Waals surface area contributed by atoms with Gasteiger partial charge >= 0.3 is 0 Å². The van der Waals surface area contributed by atoms with E-state index in [1.807, 2.05) is 11.1 Å². The van der Waals surface area contributed by atoms with Crippen molar-refractivity contribution in [3.05, 3.63) is 18.2 Å². The van der Waals surface area contributed by atoms with Gasteiger partial charge in [0.05, 0.1) is 0 Å². The third kappa shape index (κ3) is 3.06. The van der Waals surface area contributed by atoms with E-state index in [0.29, 0.717) is 6.42 Å². The lowest BCUT2D eigenvalue weighted by molar-refractivity contribution is -0.132. The highest BCUT2D eigenvalue weighted by Crippen LogP contribution is 2.03. The van der Waals surface area contributed by atoms with Crippen molar-refractivity contribution in [3.8, 4) is 0 Å². The Balaban J connectivity index is 1.83. The van der Waals surface area contributed by atoms with E-state index < -0.39 is 0 Å². The van der Waals surface area contributed by atoms with Gasteiger partial charge < -0.3 is 14.8 Å². The predicted molar refractivity (Wildman–Crippen MR) is 65.7 cm³/mol. The van der Waals surface area contributed by atoms with Crippen LogP contribution in [-0.4, -0.2) is 46.5 Å². The summed E-state index contributed by atoms with van der Waals surface area (Å²) in [7, 11) is 0. The maximum Gasteiger partial charge on any atom is 0.224 e. The summed E-state index contributed by atoms with van der Waals surface area (Å²) in [5, 5.41) is 3.25. The fraction of sp³-hybridized carbons (Fsp3) is 0.667. The Morgan fingerprint density at radius 1 is 1.47 bits per heavy atom. The van der Waals surface area contributed by atoms with Gasteiger partial charge in [0.1, 0.15) is 5.82 Å². The summed E-state index contributed by atoms with van der Waals surface area (Å²) in [6, 6.07) is 0. The molecule has 0 aromatic carbocycles. The molecule has 0 saturated carbocycles. The first kappa shape index (κ1) is 12.1. The van der Waals surface area contributed by atoms with E-state index in [1.165, 1.54) is 0 Å². The first-order chi connectivity index (χ1) is 8.31. The lowest BCUT2D eigenvalue weighted by atomic mass is 10.3. The number of hydrogen-bond acceptors (Lipinski definition) is 3. The van der Waals surface area contributed by atoms with Crippen molar-refractivity contribution in [1.82, 2.24) is 19.8 Å². The molecule has 0 unspecified atom stereocenters. The van der Waals surface area contributed by atoms with Gasteiger partial charge in [-0.1, -0.05) is 6.92 Å². The van der Waals surface area contributed by atoms with Gasteiger partial charge in [0.15, 0.2) is 0 Å². The summed E-state index contributed by atoms with van der Waals surface area (Å²) >= 11 is 0. The molecule has 5 nitrogen and oxygen atoms in total. The average Bonchev–Trinajstić information content (AvgIpc) is 2.84. The number of rotatable bonds is 4. The van der Waals surface area contributed by atoms with E-state index >= 15 is 0 Å². The second-order valence-electron chi connectivity index (χ2n) is 4.27. The largest absolute Gasteiger partial charge is 0.340 e. The van der Waals surface area contributed by atoms with Gasteiger partial charge in [-0.3, -0.25) is 4.79 Å². The topological polar surface area (TPSA) is 50.2 Å². The number of imidazole rings is 1. The summed E-state index contributed by atoms with van der Waals surface area (Å²) in [5.41, 5.74) is 0. The first-order valence-electron chi connectivity index (χ1n) is 6.29. The zero-order valence-corrected chi connectivity index (χ0v) is 10.4. The number of carbonyl (C=O) groups excluding carboxylic acids is 1. The standard InChI is InChI=1S/C12H20N4O/c1-2-11-14-6-10-15(11)7-3-12(17)16-8-4-13-5-9-16/h6,10,13H,2-5,7-9H2,1H3. The Morgan fingerprint density at radius 3 is 2.94 bits per heavy atom. The summed E-state index contributed by atoms with van der Waals surface area (Å²) in [5.74, 6) is 1.31. The molecule has 0 atom stereocenters. The highest BCUT2D eigenvalue weighted by Gasteiger charge is 2.15. The van der Waals surface area contributed by atoms with Gasteiger partial charge in [0, 0.05) is 58.0 Å². The van der Waals surface area contributed by atoms with E-state index in [2.05, 4.69) is 21.8 Å². The fourth-order valence-electron chi connectivity index (χ4n) is 2.15. The van der Waals surface area contributed by atoms with Crippen LogP contribution in [0, 0.1) is 0 Å². The average molecular weight is 236 g/mol. The molecule has 1 aromatic heterocycles. The molecule has 5 heteroatoms. The van der Waals surface area contributed by atoms with E-state index in [4.69, 9.17) is 0 Å². The Morgan fingerprint density at radius 2 is 2.24 bits per heavy atom. The van der Waals surface area contributed by atoms with Crippen LogP contribution in [-0.2, 0) is 17.8 Å². The van der Waals surface area contributed by atoms with E-state index in [-0.39, 0.29) is 5.91 Å². The lowest BCUT2D eigenvalue weighted by Crippen LogP contribution is -2.46. The number of amides is 1. The Bertz CT molecular complexity index is 368. The molecule has 1 aliphatic heterocycles. The van der Waals surface area contributed by atoms with E-state index in [0.717, 1.165) is 45.0 Å². The quantitative estimate of drug-likeness (QED) is 0.816. The second kappa shape index (κ2) is 5.82. The highest BCUT2D eigenvalue weighted by molar-refractivity contribution is 5.76. The molecule has 1 aliphatic rings. The van der Waals surface area contributed by atoms with Crippen LogP contribution in [0.1, 0.15) is 19.2 Å². The molecule has 2 rings (SSSR count). The predicted octanol–water partition coefficient (Wildman–Crippen LogP) is 0.267. The number of piperazine rings is 1. The SMILES string of the molecule is CCc1nccn1CCC(=O)N1CCNCC1. The number of carbonyl (C=O) groups is 1. The maximum atomic E-state index is 12.0. The first-order valence-corrected chi connectivity index (χ1v) is 6.29. The van der Waals surface area contributed by atoms with Crippen LogP contribution in [0.2, 0.25) is 0 Å². The number of hydrogen-bond donors (Lipinski definition) is 1. The van der Waals surface area contributed by atoms with Gasteiger partial charge in [-0.25, -0.2) is 4.98 Å². The van der Waals surface area contributed by atoms with Crippen LogP contribution in [0.25, 0.3) is 0 Å². The summed E-state index contributed by atoms with van der Waals surface area (Å²) in [6.07, 6.45) is 5.23. The summed E-state index contributed by atoms with van der Waals surface area (Å²) in [4.78, 5) is 18.2. The molecule has 17 heavy (non-hydrogen) atoms. The van der Waals surface area contributed by atoms with Crippen LogP contribution in [0.5, 0.6) is 0 Å². The molecule has 1 N–H and O–H groups in total. The van der Waals surface area contributed by atoms with Gasteiger partial charge in [-0.15, -0.1) is 0 Å². The van der Waals surface area contributed by atoms with Crippen molar-refractivity contribution < 1.29 is 4.79 Å². The third-order valence-electron chi connectivity index (χ3n) is 3.15. The van der Waals surface area contributed by atoms with Crippen molar-refractivity contribution in [2.75, 3.05) is 26.2 Å². The van der Waals surface area contributed by atoms with Crippen LogP contribution < -0.4 is 5.32 Å². The molecule has 2 heterocycles. The Labute approximate surface area is 102 Å². The van der Waals surface area contributed by atoms with Gasteiger partial charge in [0.25, 0.3) is 0 Å². The third-order valence-corrected chi connectivity index (χ3v) is 3.15. The molecule has 1 fully saturated rings. The molecular formula is C12H20N4O. The fourth-order valence-corrected chi connectivity index (χ4v) is 2.15. The van der Waals surface area contributed by atoms with Crippen molar-refractivity contribution in [1.29, 1.82) is 0 Å². The molecule has 0 spiro atoms. The van der Waals surface area contributed by atoms with E-state index in [9.17, 15) is 4.79 Å². The Kier molecular flexibility index (Phi) is 4.14. The van der Waals surface area contributed by atoms with Crippen LogP contribution in [0.15, 0.2) is 12.4 Å².